The summed E-state index contributed by atoms with van der Waals surface area (Å²) in [6.07, 6.45) is 0. The topological polar surface area (TPSA) is 76.1 Å². The molecule has 2 aromatic carbocycles. The number of halogens is 1. The minimum atomic E-state index is 0.249. The van der Waals surface area contributed by atoms with Crippen molar-refractivity contribution >= 4 is 44.4 Å². The quantitative estimate of drug-likeness (QED) is 0.328. The van der Waals surface area contributed by atoms with E-state index in [9.17, 15) is 0 Å². The third-order valence-electron chi connectivity index (χ3n) is 5.23. The van der Waals surface area contributed by atoms with E-state index in [0.29, 0.717) is 51.1 Å². The fourth-order valence-electron chi connectivity index (χ4n) is 3.90. The summed E-state index contributed by atoms with van der Waals surface area (Å²) >= 11 is 6.05. The number of ether oxygens (including phenoxy) is 4. The van der Waals surface area contributed by atoms with Crippen LogP contribution in [-0.4, -0.2) is 33.4 Å². The molecule has 0 saturated heterocycles. The van der Waals surface area contributed by atoms with Crippen molar-refractivity contribution in [2.24, 2.45) is 0 Å². The Bertz CT molecular complexity index is 1450. The largest absolute Gasteiger partial charge is 0.497 e. The molecule has 0 N–H and O–H groups in total. The van der Waals surface area contributed by atoms with Crippen LogP contribution in [0.1, 0.15) is 0 Å². The highest BCUT2D eigenvalue weighted by atomic mass is 35.5. The first-order valence-corrected chi connectivity index (χ1v) is 9.76. The second kappa shape index (κ2) is 7.28. The fraction of sp³-hybridized carbons (Fsp3) is 0.174. The number of hydrogen-bond donors (Lipinski definition) is 0. The first-order valence-electron chi connectivity index (χ1n) is 9.38. The SMILES string of the molecule is COc1ccc2oc3nc(-c4ccc(Cl)o4)c4c(OC)c(OC)c(OC)cc4c3c2c1. The molecule has 158 valence electrons. The van der Waals surface area contributed by atoms with Crippen LogP contribution in [0.25, 0.3) is 44.3 Å². The molecule has 5 rings (SSSR count). The molecule has 7 nitrogen and oxygen atoms in total. The molecule has 0 aliphatic rings. The average Bonchev–Trinajstić information content (AvgIpc) is 3.39. The zero-order valence-corrected chi connectivity index (χ0v) is 18.0. The number of furan rings is 2. The molecule has 0 radical (unpaired) electrons. The summed E-state index contributed by atoms with van der Waals surface area (Å²) in [6, 6.07) is 10.9. The smallest absolute Gasteiger partial charge is 0.228 e. The Balaban J connectivity index is 2.04. The Labute approximate surface area is 182 Å². The van der Waals surface area contributed by atoms with E-state index in [1.165, 1.54) is 0 Å². The van der Waals surface area contributed by atoms with Crippen LogP contribution in [-0.2, 0) is 0 Å². The van der Waals surface area contributed by atoms with Gasteiger partial charge < -0.3 is 27.8 Å². The Kier molecular flexibility index (Phi) is 4.55. The highest BCUT2D eigenvalue weighted by Gasteiger charge is 2.26. The normalized spacial score (nSPS) is 11.4. The lowest BCUT2D eigenvalue weighted by Crippen LogP contribution is -1.98. The molecule has 0 saturated carbocycles. The van der Waals surface area contributed by atoms with Gasteiger partial charge in [0.1, 0.15) is 17.0 Å². The van der Waals surface area contributed by atoms with E-state index >= 15 is 0 Å². The van der Waals surface area contributed by atoms with Crippen LogP contribution in [0, 0.1) is 0 Å². The molecule has 0 fully saturated rings. The van der Waals surface area contributed by atoms with Crippen LogP contribution < -0.4 is 18.9 Å². The molecule has 0 aliphatic heterocycles. The highest BCUT2D eigenvalue weighted by molar-refractivity contribution is 6.29. The molecule has 3 aromatic heterocycles. The van der Waals surface area contributed by atoms with Crippen LogP contribution >= 0.6 is 11.6 Å². The Morgan fingerprint density at radius 2 is 1.58 bits per heavy atom. The van der Waals surface area contributed by atoms with Crippen LogP contribution in [0.4, 0.5) is 0 Å². The number of methoxy groups -OCH3 is 4. The van der Waals surface area contributed by atoms with Crippen molar-refractivity contribution in [3.8, 4) is 34.5 Å². The lowest BCUT2D eigenvalue weighted by molar-refractivity contribution is 0.327. The lowest BCUT2D eigenvalue weighted by Gasteiger charge is -2.16. The van der Waals surface area contributed by atoms with Crippen LogP contribution in [0.3, 0.4) is 0 Å². The van der Waals surface area contributed by atoms with E-state index in [0.717, 1.165) is 16.2 Å². The molecule has 0 aliphatic carbocycles. The second-order valence-electron chi connectivity index (χ2n) is 6.78. The predicted molar refractivity (Wildman–Crippen MR) is 118 cm³/mol. The number of benzene rings is 2. The molecule has 5 aromatic rings. The van der Waals surface area contributed by atoms with E-state index in [-0.39, 0.29) is 5.22 Å². The molecule has 31 heavy (non-hydrogen) atoms. The van der Waals surface area contributed by atoms with E-state index in [4.69, 9.17) is 44.4 Å². The monoisotopic (exact) mass is 439 g/mol. The summed E-state index contributed by atoms with van der Waals surface area (Å²) in [5.41, 5.74) is 1.62. The van der Waals surface area contributed by atoms with Gasteiger partial charge in [0.05, 0.1) is 39.2 Å². The minimum Gasteiger partial charge on any atom is -0.497 e. The Hall–Kier alpha value is -3.58. The molecule has 0 spiro atoms. The number of fused-ring (bicyclic) bond motifs is 5. The fourth-order valence-corrected chi connectivity index (χ4v) is 4.04. The van der Waals surface area contributed by atoms with Gasteiger partial charge in [0.2, 0.25) is 11.5 Å². The number of aromatic nitrogens is 1. The van der Waals surface area contributed by atoms with E-state index in [1.54, 1.807) is 40.6 Å². The summed E-state index contributed by atoms with van der Waals surface area (Å²) in [4.78, 5) is 4.78. The molecule has 0 unspecified atom stereocenters. The molecular formula is C23H18ClNO6. The molecule has 8 heteroatoms. The molecule has 0 atom stereocenters. The number of nitrogens with zero attached hydrogens (tertiary/aromatic N) is 1. The van der Waals surface area contributed by atoms with Gasteiger partial charge in [0.25, 0.3) is 0 Å². The maximum atomic E-state index is 6.08. The Morgan fingerprint density at radius 1 is 0.774 bits per heavy atom. The summed E-state index contributed by atoms with van der Waals surface area (Å²) in [5, 5.41) is 3.38. The summed E-state index contributed by atoms with van der Waals surface area (Å²) < 4.78 is 34.1. The third kappa shape index (κ3) is 2.84. The van der Waals surface area contributed by atoms with Gasteiger partial charge in [-0.1, -0.05) is 0 Å². The average molecular weight is 440 g/mol. The van der Waals surface area contributed by atoms with Crippen molar-refractivity contribution in [1.29, 1.82) is 0 Å². The number of rotatable bonds is 5. The van der Waals surface area contributed by atoms with Gasteiger partial charge >= 0.3 is 0 Å². The van der Waals surface area contributed by atoms with Gasteiger partial charge in [-0.2, -0.15) is 0 Å². The molecule has 0 amide bonds. The second-order valence-corrected chi connectivity index (χ2v) is 7.15. The molecule has 0 bridgehead atoms. The molecular weight excluding hydrogens is 422 g/mol. The minimum absolute atomic E-state index is 0.249. The first-order chi connectivity index (χ1) is 15.1. The zero-order valence-electron chi connectivity index (χ0n) is 17.2. The van der Waals surface area contributed by atoms with Crippen LogP contribution in [0.2, 0.25) is 5.22 Å². The van der Waals surface area contributed by atoms with Gasteiger partial charge in [-0.3, -0.25) is 0 Å². The maximum Gasteiger partial charge on any atom is 0.228 e. The van der Waals surface area contributed by atoms with Crippen LogP contribution in [0.15, 0.2) is 45.2 Å². The van der Waals surface area contributed by atoms with Crippen molar-refractivity contribution in [1.82, 2.24) is 4.98 Å². The van der Waals surface area contributed by atoms with Crippen molar-refractivity contribution in [3.05, 3.63) is 41.6 Å². The first kappa shape index (κ1) is 19.4. The van der Waals surface area contributed by atoms with E-state index < -0.39 is 0 Å². The van der Waals surface area contributed by atoms with Crippen molar-refractivity contribution < 1.29 is 27.8 Å². The predicted octanol–water partition coefficient (Wildman–Crippen LogP) is 6.08. The molecule has 3 heterocycles. The summed E-state index contributed by atoms with van der Waals surface area (Å²) in [5.74, 6) is 2.60. The summed E-state index contributed by atoms with van der Waals surface area (Å²) in [7, 11) is 6.32. The number of pyridine rings is 1. The maximum absolute atomic E-state index is 6.08. The van der Waals surface area contributed by atoms with Crippen molar-refractivity contribution in [2.45, 2.75) is 0 Å². The van der Waals surface area contributed by atoms with Gasteiger partial charge in [-0.25, -0.2) is 4.98 Å². The van der Waals surface area contributed by atoms with E-state index in [2.05, 4.69) is 0 Å². The van der Waals surface area contributed by atoms with Crippen molar-refractivity contribution in [2.75, 3.05) is 28.4 Å². The zero-order chi connectivity index (χ0) is 21.7. The highest BCUT2D eigenvalue weighted by Crippen LogP contribution is 2.50. The lowest BCUT2D eigenvalue weighted by atomic mass is 10.0. The van der Waals surface area contributed by atoms with E-state index in [1.807, 2.05) is 24.3 Å². The standard InChI is InChI=1S/C23H18ClNO6/c1-26-11-5-6-14-12(9-11)18-13-10-16(27-2)21(28-3)22(29-4)19(13)20(25-23(18)31-14)15-7-8-17(24)30-15/h5-10H,1-4H3. The third-order valence-corrected chi connectivity index (χ3v) is 5.44. The van der Waals surface area contributed by atoms with Gasteiger partial charge in [-0.05, 0) is 48.0 Å². The van der Waals surface area contributed by atoms with Gasteiger partial charge in [0, 0.05) is 10.8 Å². The Morgan fingerprint density at radius 3 is 2.23 bits per heavy atom. The van der Waals surface area contributed by atoms with Crippen LogP contribution in [0.5, 0.6) is 23.0 Å². The van der Waals surface area contributed by atoms with Crippen molar-refractivity contribution in [3.63, 3.8) is 0 Å². The van der Waals surface area contributed by atoms with Gasteiger partial charge in [-0.15, -0.1) is 0 Å². The summed E-state index contributed by atoms with van der Waals surface area (Å²) in [6.45, 7) is 0. The number of hydrogen-bond acceptors (Lipinski definition) is 7. The van der Waals surface area contributed by atoms with Gasteiger partial charge in [0.15, 0.2) is 22.5 Å².